The average Bonchev–Trinajstić information content (AvgIpc) is 2.81. The first-order valence-corrected chi connectivity index (χ1v) is 11.8. The van der Waals surface area contributed by atoms with Crippen LogP contribution in [0.1, 0.15) is 55.2 Å². The van der Waals surface area contributed by atoms with Crippen molar-refractivity contribution < 1.29 is 18.0 Å². The van der Waals surface area contributed by atoms with Crippen molar-refractivity contribution in [2.75, 3.05) is 19.0 Å². The number of amides is 1. The topological polar surface area (TPSA) is 47.3 Å². The van der Waals surface area contributed by atoms with E-state index in [-0.39, 0.29) is 18.1 Å². The first-order chi connectivity index (χ1) is 16.1. The molecule has 1 atom stereocenters. The van der Waals surface area contributed by atoms with Gasteiger partial charge in [-0.3, -0.25) is 4.79 Å². The maximum Gasteiger partial charge on any atom is 0.417 e. The molecular formula is C26H29ClF3N3O. The van der Waals surface area contributed by atoms with Crippen molar-refractivity contribution in [2.45, 2.75) is 57.3 Å². The first kappa shape index (κ1) is 25.9. The second-order valence-corrected chi connectivity index (χ2v) is 9.45. The Bertz CT molecular complexity index is 1040. The molecule has 0 N–H and O–H groups in total. The van der Waals surface area contributed by atoms with Crippen molar-refractivity contribution in [1.82, 2.24) is 4.90 Å². The van der Waals surface area contributed by atoms with Gasteiger partial charge in [-0.1, -0.05) is 61.9 Å². The summed E-state index contributed by atoms with van der Waals surface area (Å²) in [5.74, 6) is 0.146. The smallest absolute Gasteiger partial charge is 0.355 e. The molecule has 3 rings (SSSR count). The number of halogens is 4. The fourth-order valence-corrected chi connectivity index (χ4v) is 4.83. The molecule has 0 saturated heterocycles. The van der Waals surface area contributed by atoms with Crippen molar-refractivity contribution in [3.8, 4) is 6.07 Å². The molecule has 2 aromatic carbocycles. The van der Waals surface area contributed by atoms with E-state index in [9.17, 15) is 23.2 Å². The van der Waals surface area contributed by atoms with Crippen LogP contribution < -0.4 is 4.90 Å². The largest absolute Gasteiger partial charge is 0.417 e. The summed E-state index contributed by atoms with van der Waals surface area (Å²) >= 11 is 6.40. The molecule has 182 valence electrons. The fourth-order valence-electron chi connectivity index (χ4n) is 4.63. The van der Waals surface area contributed by atoms with Crippen molar-refractivity contribution in [2.24, 2.45) is 5.92 Å². The van der Waals surface area contributed by atoms with Crippen LogP contribution in [0.2, 0.25) is 5.02 Å². The Morgan fingerprint density at radius 1 is 1.15 bits per heavy atom. The zero-order valence-corrected chi connectivity index (χ0v) is 20.2. The van der Waals surface area contributed by atoms with Crippen LogP contribution in [0.5, 0.6) is 0 Å². The summed E-state index contributed by atoms with van der Waals surface area (Å²) in [5.41, 5.74) is -0.508. The van der Waals surface area contributed by atoms with Gasteiger partial charge in [-0.15, -0.1) is 0 Å². The molecule has 8 heteroatoms. The maximum atomic E-state index is 13.8. The molecule has 1 aliphatic rings. The van der Waals surface area contributed by atoms with Gasteiger partial charge in [0.1, 0.15) is 6.04 Å². The highest BCUT2D eigenvalue weighted by atomic mass is 35.5. The summed E-state index contributed by atoms with van der Waals surface area (Å²) in [6.07, 6.45) is 1.19. The van der Waals surface area contributed by atoms with E-state index in [4.69, 9.17) is 11.6 Å². The van der Waals surface area contributed by atoms with Crippen LogP contribution in [0.15, 0.2) is 42.5 Å². The Morgan fingerprint density at radius 2 is 1.82 bits per heavy atom. The highest BCUT2D eigenvalue weighted by molar-refractivity contribution is 6.31. The number of nitriles is 1. The van der Waals surface area contributed by atoms with Crippen molar-refractivity contribution in [3.05, 3.63) is 64.2 Å². The van der Waals surface area contributed by atoms with E-state index in [1.807, 2.05) is 6.07 Å². The van der Waals surface area contributed by atoms with E-state index in [0.717, 1.165) is 38.2 Å². The number of hydrogen-bond donors (Lipinski definition) is 0. The van der Waals surface area contributed by atoms with Gasteiger partial charge in [-0.05, 0) is 42.2 Å². The zero-order chi connectivity index (χ0) is 24.9. The predicted molar refractivity (Wildman–Crippen MR) is 127 cm³/mol. The molecule has 1 fully saturated rings. The summed E-state index contributed by atoms with van der Waals surface area (Å²) in [4.78, 5) is 16.6. The number of benzene rings is 2. The third-order valence-corrected chi connectivity index (χ3v) is 6.81. The van der Waals surface area contributed by atoms with Crippen molar-refractivity contribution >= 4 is 23.2 Å². The summed E-state index contributed by atoms with van der Waals surface area (Å²) in [7, 11) is 3.31. The highest BCUT2D eigenvalue weighted by Crippen LogP contribution is 2.37. The number of likely N-dealkylation sites (N-methyl/N-ethyl adjacent to an activating group) is 1. The molecule has 0 radical (unpaired) electrons. The number of anilines is 1. The van der Waals surface area contributed by atoms with Crippen LogP contribution >= 0.6 is 11.6 Å². The normalized spacial score (nSPS) is 15.4. The molecule has 0 aromatic heterocycles. The number of hydrogen-bond acceptors (Lipinski definition) is 3. The van der Waals surface area contributed by atoms with Gasteiger partial charge in [-0.25, -0.2) is 0 Å². The molecule has 0 bridgehead atoms. The first-order valence-electron chi connectivity index (χ1n) is 11.4. The Balaban J connectivity index is 2.12. The monoisotopic (exact) mass is 491 g/mol. The molecule has 0 unspecified atom stereocenters. The Morgan fingerprint density at radius 3 is 2.41 bits per heavy atom. The van der Waals surface area contributed by atoms with Gasteiger partial charge in [0.15, 0.2) is 0 Å². The summed E-state index contributed by atoms with van der Waals surface area (Å²) in [5, 5.41) is 9.71. The second-order valence-electron chi connectivity index (χ2n) is 9.05. The molecular weight excluding hydrogens is 463 g/mol. The zero-order valence-electron chi connectivity index (χ0n) is 19.4. The predicted octanol–water partition coefficient (Wildman–Crippen LogP) is 6.66. The Hall–Kier alpha value is -2.72. The lowest BCUT2D eigenvalue weighted by Gasteiger charge is -2.37. The molecule has 0 heterocycles. The maximum absolute atomic E-state index is 13.8. The molecule has 1 aliphatic carbocycles. The number of nitrogens with zero attached hydrogens (tertiary/aromatic N) is 3. The molecule has 4 nitrogen and oxygen atoms in total. The SMILES string of the molecule is CN(C)C(=O)[C@H](CC1CCCCC1)N(Cc1ccccc1Cl)c1ccc(C#N)c(C(F)(F)F)c1. The number of alkyl halides is 3. The van der Waals surface area contributed by atoms with E-state index in [0.29, 0.717) is 22.9 Å². The Kier molecular flexibility index (Phi) is 8.48. The lowest BCUT2D eigenvalue weighted by molar-refractivity contribution is -0.137. The lowest BCUT2D eigenvalue weighted by atomic mass is 9.84. The number of carbonyl (C=O) groups is 1. The highest BCUT2D eigenvalue weighted by Gasteiger charge is 2.36. The van der Waals surface area contributed by atoms with Gasteiger partial charge in [0.2, 0.25) is 5.91 Å². The number of rotatable bonds is 7. The van der Waals surface area contributed by atoms with Gasteiger partial charge >= 0.3 is 6.18 Å². The molecule has 34 heavy (non-hydrogen) atoms. The minimum absolute atomic E-state index is 0.167. The lowest BCUT2D eigenvalue weighted by Crippen LogP contribution is -2.47. The van der Waals surface area contributed by atoms with Crippen LogP contribution in [0.25, 0.3) is 0 Å². The molecule has 1 amide bonds. The van der Waals surface area contributed by atoms with E-state index >= 15 is 0 Å². The fraction of sp³-hybridized carbons (Fsp3) is 0.462. The summed E-state index contributed by atoms with van der Waals surface area (Å²) in [6, 6.07) is 11.7. The third-order valence-electron chi connectivity index (χ3n) is 6.44. The van der Waals surface area contributed by atoms with Crippen LogP contribution in [0.4, 0.5) is 18.9 Å². The standard InChI is InChI=1S/C26H29ClF3N3O/c1-32(2)25(34)24(14-18-8-4-3-5-9-18)33(17-20-10-6-7-11-23(20)27)21-13-12-19(16-31)22(15-21)26(28,29)30/h6-7,10-13,15,18,24H,3-5,8-9,14,17H2,1-2H3/t24-/m0/s1. The van der Waals surface area contributed by atoms with E-state index in [1.54, 1.807) is 43.3 Å². The van der Waals surface area contributed by atoms with E-state index in [2.05, 4.69) is 0 Å². The van der Waals surface area contributed by atoms with Gasteiger partial charge in [0, 0.05) is 31.4 Å². The Labute approximate surface area is 203 Å². The van der Waals surface area contributed by atoms with Crippen LogP contribution in [0.3, 0.4) is 0 Å². The van der Waals surface area contributed by atoms with Crippen LogP contribution in [-0.2, 0) is 17.5 Å². The average molecular weight is 492 g/mol. The van der Waals surface area contributed by atoms with E-state index < -0.39 is 23.3 Å². The molecule has 2 aromatic rings. The minimum atomic E-state index is -4.69. The summed E-state index contributed by atoms with van der Waals surface area (Å²) < 4.78 is 41.3. The van der Waals surface area contributed by atoms with E-state index in [1.165, 1.54) is 17.0 Å². The molecule has 1 saturated carbocycles. The van der Waals surface area contributed by atoms with Crippen molar-refractivity contribution in [3.63, 3.8) is 0 Å². The van der Waals surface area contributed by atoms with Crippen LogP contribution in [0, 0.1) is 17.2 Å². The van der Waals surface area contributed by atoms with Gasteiger partial charge in [-0.2, -0.15) is 18.4 Å². The minimum Gasteiger partial charge on any atom is -0.355 e. The second kappa shape index (κ2) is 11.1. The molecule has 0 spiro atoms. The van der Waals surface area contributed by atoms with Crippen LogP contribution in [-0.4, -0.2) is 30.9 Å². The molecule has 0 aliphatic heterocycles. The van der Waals surface area contributed by atoms with Gasteiger partial charge < -0.3 is 9.80 Å². The van der Waals surface area contributed by atoms with Gasteiger partial charge in [0.25, 0.3) is 0 Å². The summed E-state index contributed by atoms with van der Waals surface area (Å²) in [6.45, 7) is 0.167. The third kappa shape index (κ3) is 6.24. The quantitative estimate of drug-likeness (QED) is 0.435. The number of carbonyl (C=O) groups excluding carboxylic acids is 1. The van der Waals surface area contributed by atoms with Crippen molar-refractivity contribution in [1.29, 1.82) is 5.26 Å². The van der Waals surface area contributed by atoms with Gasteiger partial charge in [0.05, 0.1) is 17.2 Å².